The van der Waals surface area contributed by atoms with Gasteiger partial charge in [-0.05, 0) is 47.0 Å². The van der Waals surface area contributed by atoms with Gasteiger partial charge in [0.05, 0.1) is 17.6 Å². The molecule has 0 amide bonds. The van der Waals surface area contributed by atoms with Crippen molar-refractivity contribution in [1.82, 2.24) is 19.9 Å². The van der Waals surface area contributed by atoms with Crippen LogP contribution in [0.3, 0.4) is 0 Å². The average molecular weight is 344 g/mol. The van der Waals surface area contributed by atoms with E-state index in [4.69, 9.17) is 4.74 Å². The van der Waals surface area contributed by atoms with Crippen LogP contribution in [0.15, 0.2) is 30.5 Å². The standard InChI is InChI=1S/C18H24N4O3/c1-18(2,3)25-17(24)10-16(23)13-7-6-8-14(9-13)22-15(11-19-20-22)12-21(4)5/h6-9,11H,10,12H2,1-5H3. The van der Waals surface area contributed by atoms with Crippen molar-refractivity contribution in [2.75, 3.05) is 14.1 Å². The lowest BCUT2D eigenvalue weighted by molar-refractivity contribution is -0.153. The smallest absolute Gasteiger partial charge is 0.314 e. The highest BCUT2D eigenvalue weighted by Gasteiger charge is 2.20. The summed E-state index contributed by atoms with van der Waals surface area (Å²) in [4.78, 5) is 26.2. The Hall–Kier alpha value is -2.54. The second-order valence-corrected chi connectivity index (χ2v) is 7.11. The molecule has 0 radical (unpaired) electrons. The Morgan fingerprint density at radius 1 is 1.24 bits per heavy atom. The van der Waals surface area contributed by atoms with Gasteiger partial charge in [0.2, 0.25) is 0 Å². The van der Waals surface area contributed by atoms with Gasteiger partial charge < -0.3 is 9.64 Å². The molecule has 1 heterocycles. The predicted octanol–water partition coefficient (Wildman–Crippen LogP) is 2.24. The van der Waals surface area contributed by atoms with Gasteiger partial charge in [0.15, 0.2) is 5.78 Å². The third-order valence-corrected chi connectivity index (χ3v) is 3.24. The molecule has 0 saturated heterocycles. The zero-order valence-electron chi connectivity index (χ0n) is 15.3. The van der Waals surface area contributed by atoms with Gasteiger partial charge in [0, 0.05) is 12.1 Å². The molecule has 0 aliphatic rings. The molecular weight excluding hydrogens is 320 g/mol. The van der Waals surface area contributed by atoms with Crippen LogP contribution in [0.5, 0.6) is 0 Å². The molecular formula is C18H24N4O3. The van der Waals surface area contributed by atoms with Crippen LogP contribution in [0, 0.1) is 0 Å². The Kier molecular flexibility index (Phi) is 5.69. The van der Waals surface area contributed by atoms with Gasteiger partial charge >= 0.3 is 5.97 Å². The quantitative estimate of drug-likeness (QED) is 0.454. The number of nitrogens with zero attached hydrogens (tertiary/aromatic N) is 4. The monoisotopic (exact) mass is 344 g/mol. The van der Waals surface area contributed by atoms with Gasteiger partial charge in [-0.2, -0.15) is 0 Å². The Morgan fingerprint density at radius 3 is 2.60 bits per heavy atom. The van der Waals surface area contributed by atoms with E-state index in [1.807, 2.05) is 25.1 Å². The van der Waals surface area contributed by atoms with Crippen molar-refractivity contribution in [3.05, 3.63) is 41.7 Å². The second-order valence-electron chi connectivity index (χ2n) is 7.11. The molecule has 2 aromatic rings. The molecule has 0 atom stereocenters. The highest BCUT2D eigenvalue weighted by atomic mass is 16.6. The summed E-state index contributed by atoms with van der Waals surface area (Å²) in [5, 5.41) is 8.03. The maximum absolute atomic E-state index is 12.4. The van der Waals surface area contributed by atoms with E-state index in [1.165, 1.54) is 0 Å². The van der Waals surface area contributed by atoms with Gasteiger partial charge in [0.1, 0.15) is 12.0 Å². The molecule has 0 aliphatic carbocycles. The molecule has 134 valence electrons. The summed E-state index contributed by atoms with van der Waals surface area (Å²) in [6, 6.07) is 7.00. The van der Waals surface area contributed by atoms with Crippen molar-refractivity contribution >= 4 is 11.8 Å². The first-order valence-corrected chi connectivity index (χ1v) is 8.05. The molecule has 7 nitrogen and oxygen atoms in total. The maximum Gasteiger partial charge on any atom is 0.314 e. The van der Waals surface area contributed by atoms with Gasteiger partial charge in [-0.3, -0.25) is 9.59 Å². The number of rotatable bonds is 6. The minimum absolute atomic E-state index is 0.287. The first kappa shape index (κ1) is 18.8. The molecule has 0 N–H and O–H groups in total. The zero-order chi connectivity index (χ0) is 18.6. The van der Waals surface area contributed by atoms with Crippen LogP contribution < -0.4 is 0 Å². The summed E-state index contributed by atoms with van der Waals surface area (Å²) in [5.74, 6) is -0.817. The normalized spacial score (nSPS) is 11.6. The van der Waals surface area contributed by atoms with E-state index < -0.39 is 11.6 Å². The van der Waals surface area contributed by atoms with Crippen LogP contribution in [0.4, 0.5) is 0 Å². The molecule has 1 aromatic carbocycles. The molecule has 0 spiro atoms. The van der Waals surface area contributed by atoms with Crippen molar-refractivity contribution < 1.29 is 14.3 Å². The van der Waals surface area contributed by atoms with E-state index in [1.54, 1.807) is 49.8 Å². The van der Waals surface area contributed by atoms with E-state index >= 15 is 0 Å². The van der Waals surface area contributed by atoms with Crippen LogP contribution in [0.25, 0.3) is 5.69 Å². The number of Topliss-reactive ketones (excluding diaryl/α,β-unsaturated/α-hetero) is 1. The van der Waals surface area contributed by atoms with Crippen LogP contribution in [0.1, 0.15) is 43.2 Å². The van der Waals surface area contributed by atoms with Crippen LogP contribution in [0.2, 0.25) is 0 Å². The first-order valence-electron chi connectivity index (χ1n) is 8.05. The van der Waals surface area contributed by atoms with E-state index in [-0.39, 0.29) is 12.2 Å². The first-order chi connectivity index (χ1) is 11.7. The third kappa shape index (κ3) is 5.49. The number of ketones is 1. The molecule has 0 saturated carbocycles. The molecule has 0 bridgehead atoms. The topological polar surface area (TPSA) is 77.3 Å². The van der Waals surface area contributed by atoms with Gasteiger partial charge in [-0.25, -0.2) is 4.68 Å². The Bertz CT molecular complexity index is 760. The van der Waals surface area contributed by atoms with E-state index in [2.05, 4.69) is 10.3 Å². The highest BCUT2D eigenvalue weighted by Crippen LogP contribution is 2.15. The summed E-state index contributed by atoms with van der Waals surface area (Å²) in [6.45, 7) is 5.98. The molecule has 0 fully saturated rings. The van der Waals surface area contributed by atoms with E-state index in [0.717, 1.165) is 11.4 Å². The molecule has 7 heteroatoms. The number of benzene rings is 1. The summed E-state index contributed by atoms with van der Waals surface area (Å²) in [6.07, 6.45) is 1.40. The number of esters is 1. The number of aromatic nitrogens is 3. The lowest BCUT2D eigenvalue weighted by atomic mass is 10.1. The van der Waals surface area contributed by atoms with E-state index in [0.29, 0.717) is 12.1 Å². The Labute approximate surface area is 147 Å². The van der Waals surface area contributed by atoms with Crippen LogP contribution >= 0.6 is 0 Å². The average Bonchev–Trinajstić information content (AvgIpc) is 2.92. The largest absolute Gasteiger partial charge is 0.460 e. The lowest BCUT2D eigenvalue weighted by Crippen LogP contribution is -2.25. The van der Waals surface area contributed by atoms with E-state index in [9.17, 15) is 9.59 Å². The molecule has 2 rings (SSSR count). The van der Waals surface area contributed by atoms with Crippen molar-refractivity contribution in [2.45, 2.75) is 39.3 Å². The van der Waals surface area contributed by atoms with Crippen molar-refractivity contribution in [1.29, 1.82) is 0 Å². The fourth-order valence-corrected chi connectivity index (χ4v) is 2.33. The third-order valence-electron chi connectivity index (χ3n) is 3.24. The summed E-state index contributed by atoms with van der Waals surface area (Å²) < 4.78 is 6.89. The van der Waals surface area contributed by atoms with Gasteiger partial charge in [-0.1, -0.05) is 17.3 Å². The van der Waals surface area contributed by atoms with Crippen molar-refractivity contribution in [3.63, 3.8) is 0 Å². The minimum atomic E-state index is -0.610. The highest BCUT2D eigenvalue weighted by molar-refractivity contribution is 6.06. The minimum Gasteiger partial charge on any atom is -0.460 e. The zero-order valence-corrected chi connectivity index (χ0v) is 15.3. The van der Waals surface area contributed by atoms with Crippen LogP contribution in [-0.2, 0) is 16.1 Å². The lowest BCUT2D eigenvalue weighted by Gasteiger charge is -2.19. The Morgan fingerprint density at radius 2 is 1.96 bits per heavy atom. The van der Waals surface area contributed by atoms with Crippen molar-refractivity contribution in [3.8, 4) is 5.69 Å². The maximum atomic E-state index is 12.4. The van der Waals surface area contributed by atoms with Crippen LogP contribution in [-0.4, -0.2) is 51.3 Å². The number of hydrogen-bond acceptors (Lipinski definition) is 6. The SMILES string of the molecule is CN(C)Cc1cnnn1-c1cccc(C(=O)CC(=O)OC(C)(C)C)c1. The summed E-state index contributed by atoms with van der Waals surface area (Å²) >= 11 is 0. The predicted molar refractivity (Wildman–Crippen MR) is 93.5 cm³/mol. The number of ether oxygens (including phenoxy) is 1. The molecule has 25 heavy (non-hydrogen) atoms. The summed E-state index contributed by atoms with van der Waals surface area (Å²) in [5.41, 5.74) is 1.46. The fraction of sp³-hybridized carbons (Fsp3) is 0.444. The van der Waals surface area contributed by atoms with Gasteiger partial charge in [-0.15, -0.1) is 5.10 Å². The molecule has 0 unspecified atom stereocenters. The summed E-state index contributed by atoms with van der Waals surface area (Å²) in [7, 11) is 3.91. The molecule has 0 aliphatic heterocycles. The van der Waals surface area contributed by atoms with Gasteiger partial charge in [0.25, 0.3) is 0 Å². The van der Waals surface area contributed by atoms with Crippen molar-refractivity contribution in [2.24, 2.45) is 0 Å². The number of carbonyl (C=O) groups is 2. The Balaban J connectivity index is 2.18. The fourth-order valence-electron chi connectivity index (χ4n) is 2.33. The number of carbonyl (C=O) groups excluding carboxylic acids is 2. The molecule has 1 aromatic heterocycles. The second kappa shape index (κ2) is 7.57. The number of hydrogen-bond donors (Lipinski definition) is 0.